The molecule has 0 spiro atoms. The fraction of sp³-hybridized carbons (Fsp3) is 0.273. The summed E-state index contributed by atoms with van der Waals surface area (Å²) in [7, 11) is 3.09. The van der Waals surface area contributed by atoms with E-state index in [1.54, 1.807) is 14.1 Å². The summed E-state index contributed by atoms with van der Waals surface area (Å²) in [5, 5.41) is 4.42. The number of carbonyl (C=O) groups is 2. The Hall–Kier alpha value is -2.18. The van der Waals surface area contributed by atoms with Gasteiger partial charge in [0.2, 0.25) is 5.91 Å². The van der Waals surface area contributed by atoms with Gasteiger partial charge in [0.05, 0.1) is 12.2 Å². The number of anilines is 1. The lowest BCUT2D eigenvalue weighted by Crippen LogP contribution is -2.38. The molecule has 5 nitrogen and oxygen atoms in total. The number of urea groups is 1. The Bertz CT molecular complexity index is 464. The van der Waals surface area contributed by atoms with Gasteiger partial charge in [0.15, 0.2) is 0 Å². The third kappa shape index (κ3) is 4.00. The van der Waals surface area contributed by atoms with Crippen molar-refractivity contribution in [3.8, 4) is 0 Å². The molecule has 7 heteroatoms. The summed E-state index contributed by atoms with van der Waals surface area (Å²) in [5.74, 6) is -1.92. The van der Waals surface area contributed by atoms with Gasteiger partial charge in [0.25, 0.3) is 0 Å². The predicted molar refractivity (Wildman–Crippen MR) is 62.1 cm³/mol. The third-order valence-electron chi connectivity index (χ3n) is 2.08. The lowest BCUT2D eigenvalue weighted by Gasteiger charge is -2.11. The van der Waals surface area contributed by atoms with Gasteiger partial charge in [-0.25, -0.2) is 13.6 Å². The van der Waals surface area contributed by atoms with Crippen LogP contribution in [-0.2, 0) is 4.79 Å². The van der Waals surface area contributed by atoms with Gasteiger partial charge >= 0.3 is 6.03 Å². The molecule has 0 aromatic heterocycles. The van der Waals surface area contributed by atoms with Gasteiger partial charge in [0.1, 0.15) is 11.6 Å². The zero-order valence-electron chi connectivity index (χ0n) is 9.96. The Labute approximate surface area is 103 Å². The van der Waals surface area contributed by atoms with E-state index in [1.807, 2.05) is 0 Å². The molecule has 0 fully saturated rings. The molecular formula is C11H13F2N3O2. The van der Waals surface area contributed by atoms with E-state index in [-0.39, 0.29) is 18.1 Å². The van der Waals surface area contributed by atoms with E-state index < -0.39 is 17.7 Å². The summed E-state index contributed by atoms with van der Waals surface area (Å²) < 4.78 is 25.8. The minimum Gasteiger partial charge on any atom is -0.347 e. The van der Waals surface area contributed by atoms with Crippen LogP contribution in [0.25, 0.3) is 0 Å². The maximum Gasteiger partial charge on any atom is 0.319 e. The van der Waals surface area contributed by atoms with Crippen LogP contribution >= 0.6 is 0 Å². The van der Waals surface area contributed by atoms with E-state index >= 15 is 0 Å². The molecule has 0 radical (unpaired) electrons. The number of halogens is 2. The number of hydrogen-bond acceptors (Lipinski definition) is 2. The Morgan fingerprint density at radius 2 is 1.94 bits per heavy atom. The Morgan fingerprint density at radius 3 is 2.50 bits per heavy atom. The summed E-state index contributed by atoms with van der Waals surface area (Å²) in [4.78, 5) is 23.8. The number of rotatable bonds is 3. The molecule has 98 valence electrons. The van der Waals surface area contributed by atoms with Crippen LogP contribution in [0.3, 0.4) is 0 Å². The lowest BCUT2D eigenvalue weighted by molar-refractivity contribution is -0.127. The molecule has 0 unspecified atom stereocenters. The molecule has 2 N–H and O–H groups in total. The van der Waals surface area contributed by atoms with E-state index in [0.29, 0.717) is 6.07 Å². The highest BCUT2D eigenvalue weighted by atomic mass is 19.1. The second kappa shape index (κ2) is 5.95. The van der Waals surface area contributed by atoms with Gasteiger partial charge in [-0.3, -0.25) is 4.79 Å². The van der Waals surface area contributed by atoms with E-state index in [4.69, 9.17) is 0 Å². The van der Waals surface area contributed by atoms with Crippen LogP contribution in [0.15, 0.2) is 18.2 Å². The molecule has 0 atom stereocenters. The molecule has 1 rings (SSSR count). The average Bonchev–Trinajstić information content (AvgIpc) is 2.29. The van der Waals surface area contributed by atoms with Crippen LogP contribution < -0.4 is 10.6 Å². The maximum absolute atomic E-state index is 13.2. The number of nitrogens with zero attached hydrogens (tertiary/aromatic N) is 1. The van der Waals surface area contributed by atoms with Crippen LogP contribution in [0.1, 0.15) is 0 Å². The van der Waals surface area contributed by atoms with Crippen molar-refractivity contribution < 1.29 is 18.4 Å². The zero-order valence-corrected chi connectivity index (χ0v) is 9.96. The average molecular weight is 257 g/mol. The molecule has 1 aromatic carbocycles. The lowest BCUT2D eigenvalue weighted by atomic mass is 10.3. The highest BCUT2D eigenvalue weighted by Gasteiger charge is 2.09. The number of likely N-dealkylation sites (N-methyl/N-ethyl adjacent to an activating group) is 1. The summed E-state index contributed by atoms with van der Waals surface area (Å²) in [6.07, 6.45) is 0. The quantitative estimate of drug-likeness (QED) is 0.854. The topological polar surface area (TPSA) is 61.4 Å². The van der Waals surface area contributed by atoms with Gasteiger partial charge in [-0.1, -0.05) is 0 Å². The van der Waals surface area contributed by atoms with Crippen molar-refractivity contribution in [2.75, 3.05) is 26.0 Å². The Morgan fingerprint density at radius 1 is 1.28 bits per heavy atom. The van der Waals surface area contributed by atoms with E-state index in [1.165, 1.54) is 4.90 Å². The monoisotopic (exact) mass is 257 g/mol. The first-order valence-corrected chi connectivity index (χ1v) is 5.10. The largest absolute Gasteiger partial charge is 0.347 e. The van der Waals surface area contributed by atoms with Crippen molar-refractivity contribution in [3.63, 3.8) is 0 Å². The highest BCUT2D eigenvalue weighted by Crippen LogP contribution is 2.14. The first kappa shape index (κ1) is 13.9. The molecular weight excluding hydrogens is 244 g/mol. The Kier molecular flexibility index (Phi) is 4.59. The molecule has 0 bridgehead atoms. The van der Waals surface area contributed by atoms with E-state index in [2.05, 4.69) is 10.6 Å². The molecule has 0 saturated heterocycles. The van der Waals surface area contributed by atoms with Crippen LogP contribution in [0, 0.1) is 11.6 Å². The van der Waals surface area contributed by atoms with Gasteiger partial charge < -0.3 is 15.5 Å². The fourth-order valence-electron chi connectivity index (χ4n) is 1.07. The Balaban J connectivity index is 2.52. The van der Waals surface area contributed by atoms with Crippen molar-refractivity contribution in [1.82, 2.24) is 10.2 Å². The second-order valence-corrected chi connectivity index (χ2v) is 3.72. The maximum atomic E-state index is 13.2. The van der Waals surface area contributed by atoms with Crippen LogP contribution in [0.2, 0.25) is 0 Å². The minimum absolute atomic E-state index is 0.161. The first-order chi connectivity index (χ1) is 8.40. The van der Waals surface area contributed by atoms with Crippen LogP contribution in [0.4, 0.5) is 19.3 Å². The number of benzene rings is 1. The van der Waals surface area contributed by atoms with Crippen molar-refractivity contribution in [1.29, 1.82) is 0 Å². The van der Waals surface area contributed by atoms with Gasteiger partial charge in [-0.15, -0.1) is 0 Å². The van der Waals surface area contributed by atoms with Crippen molar-refractivity contribution in [2.24, 2.45) is 0 Å². The summed E-state index contributed by atoms with van der Waals surface area (Å²) in [6, 6.07) is 2.03. The number of carbonyl (C=O) groups excluding carboxylic acids is 2. The number of nitrogens with one attached hydrogen (secondary N) is 2. The fourth-order valence-corrected chi connectivity index (χ4v) is 1.07. The molecule has 0 heterocycles. The van der Waals surface area contributed by atoms with Gasteiger partial charge in [0, 0.05) is 20.2 Å². The normalized spacial score (nSPS) is 9.78. The first-order valence-electron chi connectivity index (χ1n) is 5.10. The molecule has 0 aliphatic carbocycles. The van der Waals surface area contributed by atoms with Crippen molar-refractivity contribution in [2.45, 2.75) is 0 Å². The highest BCUT2D eigenvalue weighted by molar-refractivity contribution is 5.92. The molecule has 3 amide bonds. The van der Waals surface area contributed by atoms with Crippen molar-refractivity contribution >= 4 is 17.6 Å². The summed E-state index contributed by atoms with van der Waals surface area (Å²) >= 11 is 0. The second-order valence-electron chi connectivity index (χ2n) is 3.72. The minimum atomic E-state index is -0.885. The molecule has 0 aliphatic heterocycles. The zero-order chi connectivity index (χ0) is 13.7. The predicted octanol–water partition coefficient (Wildman–Crippen LogP) is 1.17. The third-order valence-corrected chi connectivity index (χ3v) is 2.08. The number of hydrogen-bond donors (Lipinski definition) is 2. The molecule has 0 aliphatic rings. The van der Waals surface area contributed by atoms with Crippen LogP contribution in [0.5, 0.6) is 0 Å². The summed E-state index contributed by atoms with van der Waals surface area (Å²) in [5.41, 5.74) is -0.161. The molecule has 0 saturated carbocycles. The molecule has 1 aromatic rings. The summed E-state index contributed by atoms with van der Waals surface area (Å²) in [6.45, 7) is -0.207. The smallest absolute Gasteiger partial charge is 0.319 e. The van der Waals surface area contributed by atoms with Gasteiger partial charge in [-0.05, 0) is 12.1 Å². The van der Waals surface area contributed by atoms with E-state index in [9.17, 15) is 18.4 Å². The molecule has 18 heavy (non-hydrogen) atoms. The standard InChI is InChI=1S/C11H13F2N3O2/c1-16(2)10(17)6-14-11(18)15-9-4-3-7(12)5-8(9)13/h3-5H,6H2,1-2H3,(H2,14,15,18). The van der Waals surface area contributed by atoms with Gasteiger partial charge in [-0.2, -0.15) is 0 Å². The number of amides is 3. The van der Waals surface area contributed by atoms with E-state index in [0.717, 1.165) is 12.1 Å². The van der Waals surface area contributed by atoms with Crippen molar-refractivity contribution in [3.05, 3.63) is 29.8 Å². The van der Waals surface area contributed by atoms with Crippen LogP contribution in [-0.4, -0.2) is 37.5 Å². The SMILES string of the molecule is CN(C)C(=O)CNC(=O)Nc1ccc(F)cc1F.